The number of ether oxygens (including phenoxy) is 2. The number of carboxylic acids is 1. The number of pyridine rings is 1. The molecule has 1 N–H and O–H groups in total. The number of rotatable bonds is 5. The van der Waals surface area contributed by atoms with Crippen molar-refractivity contribution in [1.29, 1.82) is 0 Å². The number of guanidine groups is 1. The highest BCUT2D eigenvalue weighted by atomic mass is 32.1. The van der Waals surface area contributed by atoms with Gasteiger partial charge in [-0.05, 0) is 49.1 Å². The van der Waals surface area contributed by atoms with Crippen molar-refractivity contribution in [2.24, 2.45) is 10.9 Å². The van der Waals surface area contributed by atoms with Crippen molar-refractivity contribution >= 4 is 40.5 Å². The summed E-state index contributed by atoms with van der Waals surface area (Å²) in [5.41, 5.74) is -1.16. The fraction of sp³-hybridized carbons (Fsp3) is 0.393. The third-order valence-corrected chi connectivity index (χ3v) is 9.06. The van der Waals surface area contributed by atoms with Gasteiger partial charge in [0.1, 0.15) is 17.3 Å². The molecular formula is C28H28F3N5O4S. The molecule has 216 valence electrons. The quantitative estimate of drug-likeness (QED) is 0.436. The maximum absolute atomic E-state index is 13.9. The number of halogens is 3. The van der Waals surface area contributed by atoms with E-state index in [2.05, 4.69) is 9.88 Å². The number of aliphatic imine (C=N–C) groups is 1. The highest BCUT2D eigenvalue weighted by molar-refractivity contribution is 7.10. The predicted octanol–water partition coefficient (Wildman–Crippen LogP) is 5.20. The van der Waals surface area contributed by atoms with Crippen molar-refractivity contribution in [2.45, 2.75) is 31.1 Å². The van der Waals surface area contributed by atoms with Gasteiger partial charge in [0.2, 0.25) is 5.96 Å². The molecular weight excluding hydrogens is 559 g/mol. The number of hydrogen-bond donors (Lipinski definition) is 1. The van der Waals surface area contributed by atoms with Gasteiger partial charge in [-0.1, -0.05) is 0 Å². The van der Waals surface area contributed by atoms with E-state index in [1.807, 2.05) is 29.3 Å². The van der Waals surface area contributed by atoms with E-state index in [1.54, 1.807) is 24.3 Å². The molecule has 2 fully saturated rings. The zero-order valence-corrected chi connectivity index (χ0v) is 23.4. The maximum atomic E-state index is 13.9. The number of aromatic nitrogens is 1. The average molecular weight is 588 g/mol. The second-order valence-corrected chi connectivity index (χ2v) is 11.2. The fourth-order valence-corrected chi connectivity index (χ4v) is 7.02. The fourth-order valence-electron chi connectivity index (χ4n) is 5.93. The monoisotopic (exact) mass is 587 g/mol. The molecule has 1 aromatic carbocycles. The summed E-state index contributed by atoms with van der Waals surface area (Å²) in [7, 11) is 2.98. The molecule has 0 amide bonds. The van der Waals surface area contributed by atoms with Crippen LogP contribution in [-0.2, 0) is 16.5 Å². The lowest BCUT2D eigenvalue weighted by molar-refractivity contribution is -0.139. The summed E-state index contributed by atoms with van der Waals surface area (Å²) in [6, 6.07) is 8.69. The third-order valence-electron chi connectivity index (χ3n) is 7.99. The van der Waals surface area contributed by atoms with Crippen LogP contribution in [0.15, 0.2) is 53.0 Å². The number of alkyl halides is 3. The molecule has 1 spiro atoms. The first-order chi connectivity index (χ1) is 19.6. The number of piperazine rings is 1. The second-order valence-electron chi connectivity index (χ2n) is 10.3. The molecule has 2 unspecified atom stereocenters. The van der Waals surface area contributed by atoms with Crippen LogP contribution in [0.3, 0.4) is 0 Å². The van der Waals surface area contributed by atoms with Crippen LogP contribution < -0.4 is 19.3 Å². The molecule has 41 heavy (non-hydrogen) atoms. The normalized spacial score (nSPS) is 23.8. The van der Waals surface area contributed by atoms with E-state index < -0.39 is 29.2 Å². The summed E-state index contributed by atoms with van der Waals surface area (Å²) in [5, 5.41) is 12.0. The van der Waals surface area contributed by atoms with Crippen LogP contribution in [0.1, 0.15) is 23.8 Å². The number of carbonyl (C=O) groups is 1. The summed E-state index contributed by atoms with van der Waals surface area (Å²) < 4.78 is 52.7. The Bertz CT molecular complexity index is 1530. The highest BCUT2D eigenvalue weighted by Crippen LogP contribution is 2.64. The summed E-state index contributed by atoms with van der Waals surface area (Å²) in [6.07, 6.45) is -2.69. The number of benzene rings is 1. The van der Waals surface area contributed by atoms with Crippen LogP contribution in [0.5, 0.6) is 11.5 Å². The average Bonchev–Trinajstić information content (AvgIpc) is 3.49. The van der Waals surface area contributed by atoms with Crippen molar-refractivity contribution in [3.05, 3.63) is 58.4 Å². The number of anilines is 2. The van der Waals surface area contributed by atoms with Crippen LogP contribution >= 0.6 is 11.3 Å². The molecule has 13 heteroatoms. The minimum absolute atomic E-state index is 0.0504. The lowest BCUT2D eigenvalue weighted by Gasteiger charge is -2.47. The number of carboxylic acid groups (broad SMARTS) is 1. The minimum atomic E-state index is -4.60. The predicted molar refractivity (Wildman–Crippen MR) is 148 cm³/mol. The smallest absolute Gasteiger partial charge is 0.416 e. The zero-order chi connectivity index (χ0) is 29.1. The van der Waals surface area contributed by atoms with Gasteiger partial charge in [-0.3, -0.25) is 9.69 Å². The van der Waals surface area contributed by atoms with Crippen LogP contribution in [0.2, 0.25) is 0 Å². The minimum Gasteiger partial charge on any atom is -0.497 e. The van der Waals surface area contributed by atoms with Gasteiger partial charge in [0, 0.05) is 37.9 Å². The molecule has 3 aliphatic rings. The van der Waals surface area contributed by atoms with Crippen molar-refractivity contribution < 1.29 is 32.5 Å². The van der Waals surface area contributed by atoms with E-state index >= 15 is 0 Å². The number of hydrogen-bond acceptors (Lipinski definition) is 9. The SMILES string of the molecule is COc1ccnc(N2CCN(C3=Nc4ccsc4C4(CC4C(=O)O)N3c3cc(C(F)(F)F)ccc3OC)C[C@H]2C)c1. The summed E-state index contributed by atoms with van der Waals surface area (Å²) in [5.74, 6) is 0.205. The molecule has 1 aliphatic carbocycles. The van der Waals surface area contributed by atoms with E-state index in [-0.39, 0.29) is 23.9 Å². The van der Waals surface area contributed by atoms with Crippen molar-refractivity contribution in [3.8, 4) is 11.5 Å². The molecule has 1 saturated heterocycles. The van der Waals surface area contributed by atoms with Crippen LogP contribution in [0.4, 0.5) is 30.4 Å². The number of nitrogens with zero attached hydrogens (tertiary/aromatic N) is 5. The lowest BCUT2D eigenvalue weighted by Crippen LogP contribution is -2.60. The first-order valence-electron chi connectivity index (χ1n) is 13.0. The van der Waals surface area contributed by atoms with Gasteiger partial charge in [-0.25, -0.2) is 9.98 Å². The Kier molecular flexibility index (Phi) is 6.51. The van der Waals surface area contributed by atoms with Crippen molar-refractivity contribution in [3.63, 3.8) is 0 Å². The topological polar surface area (TPSA) is 90.7 Å². The Hall–Kier alpha value is -4.00. The molecule has 2 aromatic heterocycles. The van der Waals surface area contributed by atoms with Gasteiger partial charge >= 0.3 is 12.1 Å². The van der Waals surface area contributed by atoms with Crippen molar-refractivity contribution in [2.75, 3.05) is 43.7 Å². The molecule has 4 heterocycles. The molecule has 9 nitrogen and oxygen atoms in total. The van der Waals surface area contributed by atoms with Gasteiger partial charge in [0.05, 0.1) is 47.5 Å². The van der Waals surface area contributed by atoms with E-state index in [4.69, 9.17) is 14.5 Å². The Morgan fingerprint density at radius 1 is 1.15 bits per heavy atom. The Labute approximate surface area is 238 Å². The molecule has 0 bridgehead atoms. The van der Waals surface area contributed by atoms with Gasteiger partial charge < -0.3 is 24.4 Å². The molecule has 6 rings (SSSR count). The zero-order valence-electron chi connectivity index (χ0n) is 22.6. The van der Waals surface area contributed by atoms with Crippen LogP contribution in [-0.4, -0.2) is 66.8 Å². The summed E-state index contributed by atoms with van der Waals surface area (Å²) in [4.78, 5) is 28.4. The van der Waals surface area contributed by atoms with Gasteiger partial charge in [0.25, 0.3) is 0 Å². The van der Waals surface area contributed by atoms with E-state index in [1.165, 1.54) is 24.5 Å². The maximum Gasteiger partial charge on any atom is 0.416 e. The van der Waals surface area contributed by atoms with Gasteiger partial charge in [-0.15, -0.1) is 11.3 Å². The Morgan fingerprint density at radius 2 is 1.95 bits per heavy atom. The second kappa shape index (κ2) is 9.82. The molecule has 0 radical (unpaired) electrons. The number of fused-ring (bicyclic) bond motifs is 2. The number of methoxy groups -OCH3 is 2. The van der Waals surface area contributed by atoms with E-state index in [0.29, 0.717) is 37.0 Å². The first kappa shape index (κ1) is 27.2. The van der Waals surface area contributed by atoms with Crippen LogP contribution in [0.25, 0.3) is 0 Å². The third kappa shape index (κ3) is 4.42. The molecule has 3 atom stereocenters. The van der Waals surface area contributed by atoms with Crippen LogP contribution in [0, 0.1) is 5.92 Å². The van der Waals surface area contributed by atoms with Crippen molar-refractivity contribution in [1.82, 2.24) is 9.88 Å². The van der Waals surface area contributed by atoms with Gasteiger partial charge in [-0.2, -0.15) is 13.2 Å². The Morgan fingerprint density at radius 3 is 2.61 bits per heavy atom. The Balaban J connectivity index is 1.45. The number of thiophene rings is 1. The first-order valence-corrected chi connectivity index (χ1v) is 13.9. The highest BCUT2D eigenvalue weighted by Gasteiger charge is 2.68. The molecule has 3 aromatic rings. The largest absolute Gasteiger partial charge is 0.497 e. The lowest BCUT2D eigenvalue weighted by atomic mass is 10.0. The van der Waals surface area contributed by atoms with E-state index in [9.17, 15) is 23.1 Å². The van der Waals surface area contributed by atoms with Gasteiger partial charge in [0.15, 0.2) is 0 Å². The summed E-state index contributed by atoms with van der Waals surface area (Å²) in [6.45, 7) is 3.55. The number of aliphatic carboxylic acids is 1. The molecule has 2 aliphatic heterocycles. The molecule has 1 saturated carbocycles. The van der Waals surface area contributed by atoms with E-state index in [0.717, 1.165) is 22.8 Å². The summed E-state index contributed by atoms with van der Waals surface area (Å²) >= 11 is 1.37. The standard InChI is InChI=1S/C28H28F3N5O4S/c1-16-15-34(9-10-35(16)23-13-18(39-2)6-8-32-23)26-33-20-7-11-41-24(20)27(14-19(27)25(37)38)36(26)21-12-17(28(29,30)31)4-5-22(21)40-3/h4-8,11-13,16,19H,9-10,14-15H2,1-3H3,(H,37,38)/t16-,19?,27?/m1/s1.